The van der Waals surface area contributed by atoms with Gasteiger partial charge in [0.05, 0.1) is 5.69 Å². The van der Waals surface area contributed by atoms with Crippen LogP contribution in [0.3, 0.4) is 0 Å². The molecular formula is C16H24N4O2. The predicted octanol–water partition coefficient (Wildman–Crippen LogP) is 1.73. The van der Waals surface area contributed by atoms with E-state index in [2.05, 4.69) is 40.7 Å². The van der Waals surface area contributed by atoms with Gasteiger partial charge in [-0.15, -0.1) is 0 Å². The first-order chi connectivity index (χ1) is 10.5. The number of anilines is 1. The largest absolute Gasteiger partial charge is 0.456 e. The normalized spacial score (nSPS) is 28.5. The molecule has 0 radical (unpaired) electrons. The second-order valence-electron chi connectivity index (χ2n) is 6.54. The second kappa shape index (κ2) is 5.83. The average Bonchev–Trinajstić information content (AvgIpc) is 2.75. The monoisotopic (exact) mass is 304 g/mol. The van der Waals surface area contributed by atoms with E-state index in [1.165, 1.54) is 6.92 Å². The maximum Gasteiger partial charge on any atom is 0.303 e. The van der Waals surface area contributed by atoms with Crippen molar-refractivity contribution in [1.82, 2.24) is 14.9 Å². The molecule has 1 aliphatic carbocycles. The van der Waals surface area contributed by atoms with E-state index in [-0.39, 0.29) is 12.1 Å². The molecule has 1 aromatic heterocycles. The Hall–Kier alpha value is -1.69. The van der Waals surface area contributed by atoms with Crippen LogP contribution in [0.4, 0.5) is 5.82 Å². The number of carbonyl (C=O) groups is 1. The zero-order valence-corrected chi connectivity index (χ0v) is 13.7. The van der Waals surface area contributed by atoms with Crippen molar-refractivity contribution in [2.75, 3.05) is 31.6 Å². The van der Waals surface area contributed by atoms with Gasteiger partial charge in [0.2, 0.25) is 0 Å². The molecule has 0 spiro atoms. The van der Waals surface area contributed by atoms with Crippen molar-refractivity contribution in [3.8, 4) is 0 Å². The molecule has 2 aliphatic rings. The van der Waals surface area contributed by atoms with Crippen LogP contribution in [0.25, 0.3) is 0 Å². The minimum absolute atomic E-state index is 0.230. The number of nitrogens with zero attached hydrogens (tertiary/aromatic N) is 4. The third kappa shape index (κ3) is 2.67. The number of aromatic nitrogens is 2. The van der Waals surface area contributed by atoms with Crippen molar-refractivity contribution in [3.63, 3.8) is 0 Å². The number of carbonyl (C=O) groups excluding carboxylic acids is 1. The summed E-state index contributed by atoms with van der Waals surface area (Å²) in [7, 11) is 2.15. The smallest absolute Gasteiger partial charge is 0.303 e. The summed E-state index contributed by atoms with van der Waals surface area (Å²) in [6.45, 7) is 8.87. The highest BCUT2D eigenvalue weighted by Gasteiger charge is 2.37. The molecule has 2 heterocycles. The van der Waals surface area contributed by atoms with E-state index < -0.39 is 0 Å². The van der Waals surface area contributed by atoms with Crippen LogP contribution in [-0.4, -0.2) is 53.6 Å². The van der Waals surface area contributed by atoms with Gasteiger partial charge in [-0.05, 0) is 26.3 Å². The van der Waals surface area contributed by atoms with Gasteiger partial charge in [0, 0.05) is 38.2 Å². The van der Waals surface area contributed by atoms with Gasteiger partial charge in [0.25, 0.3) is 0 Å². The van der Waals surface area contributed by atoms with E-state index in [0.29, 0.717) is 12.0 Å². The summed E-state index contributed by atoms with van der Waals surface area (Å²) in [5, 5.41) is 0. The first kappa shape index (κ1) is 15.2. The molecule has 0 amide bonds. The molecule has 3 atom stereocenters. The van der Waals surface area contributed by atoms with Gasteiger partial charge in [-0.3, -0.25) is 4.79 Å². The van der Waals surface area contributed by atoms with Crippen molar-refractivity contribution in [2.45, 2.75) is 45.3 Å². The van der Waals surface area contributed by atoms with Gasteiger partial charge in [0.15, 0.2) is 0 Å². The molecule has 6 heteroatoms. The quantitative estimate of drug-likeness (QED) is 0.776. The highest BCUT2D eigenvalue weighted by molar-refractivity contribution is 5.67. The van der Waals surface area contributed by atoms with E-state index >= 15 is 0 Å². The maximum absolute atomic E-state index is 11.3. The number of fused-ring (bicyclic) bond motifs is 1. The van der Waals surface area contributed by atoms with Crippen LogP contribution >= 0.6 is 0 Å². The van der Waals surface area contributed by atoms with Gasteiger partial charge < -0.3 is 14.5 Å². The summed E-state index contributed by atoms with van der Waals surface area (Å²) >= 11 is 0. The Bertz CT molecular complexity index is 577. The number of hydrogen-bond acceptors (Lipinski definition) is 6. The Morgan fingerprint density at radius 3 is 2.77 bits per heavy atom. The van der Waals surface area contributed by atoms with Crippen LogP contribution in [-0.2, 0) is 9.53 Å². The van der Waals surface area contributed by atoms with Gasteiger partial charge in [0.1, 0.15) is 18.2 Å². The first-order valence-corrected chi connectivity index (χ1v) is 7.94. The number of esters is 1. The molecule has 22 heavy (non-hydrogen) atoms. The molecule has 1 fully saturated rings. The molecule has 1 aliphatic heterocycles. The minimum atomic E-state index is -0.252. The van der Waals surface area contributed by atoms with E-state index in [9.17, 15) is 4.79 Å². The Morgan fingerprint density at radius 2 is 2.09 bits per heavy atom. The molecule has 0 aromatic carbocycles. The number of hydrogen-bond donors (Lipinski definition) is 0. The van der Waals surface area contributed by atoms with Crippen molar-refractivity contribution < 1.29 is 9.53 Å². The highest BCUT2D eigenvalue weighted by Crippen LogP contribution is 2.45. The third-order valence-corrected chi connectivity index (χ3v) is 4.67. The SMILES string of the molecule is CC(=O)OC1CC(C)c2c1ncnc2N1CCN(C)CC1C. The lowest BCUT2D eigenvalue weighted by atomic mass is 10.0. The fraction of sp³-hybridized carbons (Fsp3) is 0.688. The standard InChI is InChI=1S/C16H24N4O2/c1-10-7-13(22-12(3)21)15-14(10)16(18-9-17-15)20-6-5-19(4)8-11(20)2/h9-11,13H,5-8H2,1-4H3. The summed E-state index contributed by atoms with van der Waals surface area (Å²) in [5.41, 5.74) is 2.05. The highest BCUT2D eigenvalue weighted by atomic mass is 16.5. The summed E-state index contributed by atoms with van der Waals surface area (Å²) in [5.74, 6) is 1.08. The summed E-state index contributed by atoms with van der Waals surface area (Å²) in [6.07, 6.45) is 2.17. The molecule has 3 unspecified atom stereocenters. The number of likely N-dealkylation sites (N-methyl/N-ethyl adjacent to an activating group) is 1. The van der Waals surface area contributed by atoms with Crippen LogP contribution in [0.1, 0.15) is 50.5 Å². The number of ether oxygens (including phenoxy) is 1. The average molecular weight is 304 g/mol. The molecule has 3 rings (SSSR count). The lowest BCUT2D eigenvalue weighted by molar-refractivity contribution is -0.146. The maximum atomic E-state index is 11.3. The molecule has 0 N–H and O–H groups in total. The van der Waals surface area contributed by atoms with Crippen molar-refractivity contribution >= 4 is 11.8 Å². The molecule has 1 aromatic rings. The number of piperazine rings is 1. The Kier molecular flexibility index (Phi) is 4.04. The molecule has 0 bridgehead atoms. The molecule has 6 nitrogen and oxygen atoms in total. The summed E-state index contributed by atoms with van der Waals surface area (Å²) in [4.78, 5) is 25.0. The van der Waals surface area contributed by atoms with E-state index in [1.807, 2.05) is 0 Å². The summed E-state index contributed by atoms with van der Waals surface area (Å²) < 4.78 is 5.44. The van der Waals surface area contributed by atoms with Crippen molar-refractivity contribution in [1.29, 1.82) is 0 Å². The summed E-state index contributed by atoms with van der Waals surface area (Å²) in [6, 6.07) is 0.415. The van der Waals surface area contributed by atoms with Crippen molar-refractivity contribution in [3.05, 3.63) is 17.6 Å². The van der Waals surface area contributed by atoms with E-state index in [4.69, 9.17) is 4.74 Å². The topological polar surface area (TPSA) is 58.6 Å². The zero-order valence-electron chi connectivity index (χ0n) is 13.7. The van der Waals surface area contributed by atoms with Crippen LogP contribution in [0, 0.1) is 0 Å². The Balaban J connectivity index is 1.94. The molecule has 120 valence electrons. The van der Waals surface area contributed by atoms with Gasteiger partial charge >= 0.3 is 5.97 Å². The fourth-order valence-electron chi connectivity index (χ4n) is 3.67. The van der Waals surface area contributed by atoms with Gasteiger partial charge in [-0.25, -0.2) is 9.97 Å². The zero-order chi connectivity index (χ0) is 15.9. The van der Waals surface area contributed by atoms with Gasteiger partial charge in [-0.1, -0.05) is 6.92 Å². The minimum Gasteiger partial charge on any atom is -0.456 e. The van der Waals surface area contributed by atoms with Crippen LogP contribution in [0.15, 0.2) is 6.33 Å². The lowest BCUT2D eigenvalue weighted by Gasteiger charge is -2.40. The van der Waals surface area contributed by atoms with Crippen molar-refractivity contribution in [2.24, 2.45) is 0 Å². The third-order valence-electron chi connectivity index (χ3n) is 4.67. The molecular weight excluding hydrogens is 280 g/mol. The Morgan fingerprint density at radius 1 is 1.32 bits per heavy atom. The fourth-order valence-corrected chi connectivity index (χ4v) is 3.67. The lowest BCUT2D eigenvalue weighted by Crippen LogP contribution is -2.51. The Labute approximate surface area is 131 Å². The first-order valence-electron chi connectivity index (χ1n) is 7.94. The van der Waals surface area contributed by atoms with Crippen LogP contribution < -0.4 is 4.90 Å². The molecule has 0 saturated carbocycles. The van der Waals surface area contributed by atoms with E-state index in [0.717, 1.165) is 43.1 Å². The predicted molar refractivity (Wildman–Crippen MR) is 83.9 cm³/mol. The number of rotatable bonds is 2. The van der Waals surface area contributed by atoms with Gasteiger partial charge in [-0.2, -0.15) is 0 Å². The van der Waals surface area contributed by atoms with Crippen LogP contribution in [0.5, 0.6) is 0 Å². The van der Waals surface area contributed by atoms with E-state index in [1.54, 1.807) is 6.33 Å². The molecule has 1 saturated heterocycles. The van der Waals surface area contributed by atoms with Crippen LogP contribution in [0.2, 0.25) is 0 Å². The second-order valence-corrected chi connectivity index (χ2v) is 6.54.